The van der Waals surface area contributed by atoms with E-state index in [0.29, 0.717) is 18.7 Å². The van der Waals surface area contributed by atoms with Crippen molar-refractivity contribution in [1.82, 2.24) is 4.90 Å². The second-order valence-electron chi connectivity index (χ2n) is 4.40. The molecular weight excluding hydrogens is 284 g/mol. The topological polar surface area (TPSA) is 98.9 Å². The molecule has 1 amide bonds. The number of amides is 1. The van der Waals surface area contributed by atoms with E-state index in [1.807, 2.05) is 0 Å². The lowest BCUT2D eigenvalue weighted by atomic mass is 10.1. The predicted octanol–water partition coefficient (Wildman–Crippen LogP) is 0.197. The first-order valence-corrected chi connectivity index (χ1v) is 7.51. The SMILES string of the molecule is COc1cc(C(=O)N2CCC2)cc(OC)c1S(N)(=O)=O. The van der Waals surface area contributed by atoms with Gasteiger partial charge in [0.05, 0.1) is 14.2 Å². The van der Waals surface area contributed by atoms with Crippen molar-refractivity contribution in [2.24, 2.45) is 5.14 Å². The number of hydrogen-bond donors (Lipinski definition) is 1. The molecule has 1 aliphatic rings. The molecule has 0 spiro atoms. The van der Waals surface area contributed by atoms with Crippen LogP contribution in [0, 0.1) is 0 Å². The number of sulfonamides is 1. The van der Waals surface area contributed by atoms with Crippen LogP contribution in [0.3, 0.4) is 0 Å². The van der Waals surface area contributed by atoms with Crippen LogP contribution in [-0.2, 0) is 10.0 Å². The molecule has 2 N–H and O–H groups in total. The molecule has 0 atom stereocenters. The van der Waals surface area contributed by atoms with Gasteiger partial charge in [0.2, 0.25) is 10.0 Å². The van der Waals surface area contributed by atoms with Gasteiger partial charge >= 0.3 is 0 Å². The van der Waals surface area contributed by atoms with Crippen molar-refractivity contribution in [3.8, 4) is 11.5 Å². The van der Waals surface area contributed by atoms with Crippen LogP contribution in [0.2, 0.25) is 0 Å². The summed E-state index contributed by atoms with van der Waals surface area (Å²) in [5, 5.41) is 5.15. The zero-order chi connectivity index (χ0) is 14.9. The van der Waals surface area contributed by atoms with Crippen molar-refractivity contribution in [2.45, 2.75) is 11.3 Å². The Morgan fingerprint density at radius 1 is 1.20 bits per heavy atom. The number of benzene rings is 1. The Labute approximate surface area is 117 Å². The van der Waals surface area contributed by atoms with E-state index in [2.05, 4.69) is 0 Å². The number of likely N-dealkylation sites (tertiary alicyclic amines) is 1. The number of hydrogen-bond acceptors (Lipinski definition) is 5. The van der Waals surface area contributed by atoms with E-state index in [0.717, 1.165) is 6.42 Å². The first kappa shape index (κ1) is 14.6. The monoisotopic (exact) mass is 300 g/mol. The number of ether oxygens (including phenoxy) is 2. The maximum absolute atomic E-state index is 12.2. The highest BCUT2D eigenvalue weighted by Crippen LogP contribution is 2.34. The Hall–Kier alpha value is -1.80. The van der Waals surface area contributed by atoms with Crippen molar-refractivity contribution < 1.29 is 22.7 Å². The summed E-state index contributed by atoms with van der Waals surface area (Å²) in [5.41, 5.74) is 0.311. The van der Waals surface area contributed by atoms with E-state index in [1.165, 1.54) is 26.4 Å². The molecular formula is C12H16N2O5S. The third kappa shape index (κ3) is 2.56. The van der Waals surface area contributed by atoms with Gasteiger partial charge in [-0.1, -0.05) is 0 Å². The highest BCUT2D eigenvalue weighted by atomic mass is 32.2. The van der Waals surface area contributed by atoms with Gasteiger partial charge in [-0.25, -0.2) is 13.6 Å². The lowest BCUT2D eigenvalue weighted by molar-refractivity contribution is 0.0651. The summed E-state index contributed by atoms with van der Waals surface area (Å²) >= 11 is 0. The van der Waals surface area contributed by atoms with Gasteiger partial charge in [-0.05, 0) is 18.6 Å². The normalized spacial score (nSPS) is 14.7. The van der Waals surface area contributed by atoms with Gasteiger partial charge in [0.1, 0.15) is 11.5 Å². The Bertz CT molecular complexity index is 612. The Balaban J connectivity index is 2.55. The molecule has 2 rings (SSSR count). The zero-order valence-corrected chi connectivity index (χ0v) is 12.1. The van der Waals surface area contributed by atoms with Crippen LogP contribution in [0.5, 0.6) is 11.5 Å². The molecule has 0 aromatic heterocycles. The van der Waals surface area contributed by atoms with Gasteiger partial charge in [-0.2, -0.15) is 0 Å². The van der Waals surface area contributed by atoms with Gasteiger partial charge in [0, 0.05) is 18.7 Å². The molecule has 0 aliphatic carbocycles. The molecule has 110 valence electrons. The fraction of sp³-hybridized carbons (Fsp3) is 0.417. The van der Waals surface area contributed by atoms with Crippen LogP contribution in [0.1, 0.15) is 16.8 Å². The van der Waals surface area contributed by atoms with Crippen molar-refractivity contribution in [2.75, 3.05) is 27.3 Å². The van der Waals surface area contributed by atoms with Gasteiger partial charge in [-0.3, -0.25) is 4.79 Å². The molecule has 1 aliphatic heterocycles. The van der Waals surface area contributed by atoms with Gasteiger partial charge < -0.3 is 14.4 Å². The number of primary sulfonamides is 1. The second kappa shape index (κ2) is 5.29. The molecule has 0 unspecified atom stereocenters. The Kier molecular flexibility index (Phi) is 3.87. The molecule has 1 aromatic carbocycles. The van der Waals surface area contributed by atoms with Crippen molar-refractivity contribution in [3.05, 3.63) is 17.7 Å². The quantitative estimate of drug-likeness (QED) is 0.856. The first-order chi connectivity index (χ1) is 9.38. The highest BCUT2D eigenvalue weighted by molar-refractivity contribution is 7.89. The van der Waals surface area contributed by atoms with Crippen LogP contribution in [-0.4, -0.2) is 46.5 Å². The largest absolute Gasteiger partial charge is 0.495 e. The van der Waals surface area contributed by atoms with Gasteiger partial charge in [0.25, 0.3) is 5.91 Å². The Morgan fingerprint density at radius 2 is 1.70 bits per heavy atom. The van der Waals surface area contributed by atoms with E-state index in [1.54, 1.807) is 4.90 Å². The highest BCUT2D eigenvalue weighted by Gasteiger charge is 2.27. The minimum absolute atomic E-state index is 0.00396. The fourth-order valence-corrected chi connectivity index (χ4v) is 2.83. The van der Waals surface area contributed by atoms with Gasteiger partial charge in [-0.15, -0.1) is 0 Å². The number of nitrogens with zero attached hydrogens (tertiary/aromatic N) is 1. The van der Waals surface area contributed by atoms with E-state index < -0.39 is 10.0 Å². The molecule has 20 heavy (non-hydrogen) atoms. The number of methoxy groups -OCH3 is 2. The molecule has 0 radical (unpaired) electrons. The number of carbonyl (C=O) groups excluding carboxylic acids is 1. The third-order valence-corrected chi connectivity index (χ3v) is 4.11. The number of rotatable bonds is 4. The van der Waals surface area contributed by atoms with Crippen molar-refractivity contribution in [3.63, 3.8) is 0 Å². The van der Waals surface area contributed by atoms with Gasteiger partial charge in [0.15, 0.2) is 4.90 Å². The average Bonchev–Trinajstić information content (AvgIpc) is 2.33. The van der Waals surface area contributed by atoms with E-state index in [4.69, 9.17) is 14.6 Å². The molecule has 1 fully saturated rings. The minimum atomic E-state index is -4.02. The van der Waals surface area contributed by atoms with Crippen LogP contribution < -0.4 is 14.6 Å². The predicted molar refractivity (Wildman–Crippen MR) is 71.4 cm³/mol. The average molecular weight is 300 g/mol. The van der Waals surface area contributed by atoms with E-state index in [9.17, 15) is 13.2 Å². The van der Waals surface area contributed by atoms with E-state index >= 15 is 0 Å². The summed E-state index contributed by atoms with van der Waals surface area (Å²) < 4.78 is 33.2. The first-order valence-electron chi connectivity index (χ1n) is 5.96. The van der Waals surface area contributed by atoms with Crippen molar-refractivity contribution in [1.29, 1.82) is 0 Å². The van der Waals surface area contributed by atoms with Crippen LogP contribution in [0.15, 0.2) is 17.0 Å². The standard InChI is InChI=1S/C12H16N2O5S/c1-18-9-6-8(12(15)14-4-3-5-14)7-10(19-2)11(9)20(13,16)17/h6-7H,3-5H2,1-2H3,(H2,13,16,17). The number of carbonyl (C=O) groups is 1. The van der Waals surface area contributed by atoms with Crippen LogP contribution >= 0.6 is 0 Å². The summed E-state index contributed by atoms with van der Waals surface area (Å²) in [6.45, 7) is 1.39. The van der Waals surface area contributed by atoms with Crippen LogP contribution in [0.25, 0.3) is 0 Å². The molecule has 8 heteroatoms. The zero-order valence-electron chi connectivity index (χ0n) is 11.3. The Morgan fingerprint density at radius 3 is 2.00 bits per heavy atom. The molecule has 7 nitrogen and oxygen atoms in total. The molecule has 1 saturated heterocycles. The smallest absolute Gasteiger partial charge is 0.254 e. The van der Waals surface area contributed by atoms with E-state index in [-0.39, 0.29) is 22.3 Å². The third-order valence-electron chi connectivity index (χ3n) is 3.14. The summed E-state index contributed by atoms with van der Waals surface area (Å²) in [6, 6.07) is 2.73. The maximum atomic E-state index is 12.2. The number of nitrogens with two attached hydrogens (primary N) is 1. The lowest BCUT2D eigenvalue weighted by Gasteiger charge is -2.31. The molecule has 0 saturated carbocycles. The van der Waals surface area contributed by atoms with Crippen LogP contribution in [0.4, 0.5) is 0 Å². The lowest BCUT2D eigenvalue weighted by Crippen LogP contribution is -2.42. The maximum Gasteiger partial charge on any atom is 0.254 e. The minimum Gasteiger partial charge on any atom is -0.495 e. The second-order valence-corrected chi connectivity index (χ2v) is 5.90. The summed E-state index contributed by atoms with van der Waals surface area (Å²) in [4.78, 5) is 13.6. The summed E-state index contributed by atoms with van der Waals surface area (Å²) in [7, 11) is -1.40. The van der Waals surface area contributed by atoms with Crippen molar-refractivity contribution >= 4 is 15.9 Å². The molecule has 1 heterocycles. The molecule has 1 aromatic rings. The molecule has 0 bridgehead atoms. The fourth-order valence-electron chi connectivity index (χ4n) is 1.99. The summed E-state index contributed by atoms with van der Waals surface area (Å²) in [5.74, 6) is -0.194. The summed E-state index contributed by atoms with van der Waals surface area (Å²) in [6.07, 6.45) is 0.968.